The molecule has 110 valence electrons. The summed E-state index contributed by atoms with van der Waals surface area (Å²) in [6, 6.07) is 4.02. The van der Waals surface area contributed by atoms with Crippen LogP contribution < -0.4 is 5.32 Å². The molecule has 6 heteroatoms. The summed E-state index contributed by atoms with van der Waals surface area (Å²) in [4.78, 5) is 11.8. The molecule has 2 N–H and O–H groups in total. The number of benzene rings is 1. The van der Waals surface area contributed by atoms with E-state index in [1.165, 1.54) is 31.0 Å². The number of hydrogen-bond donors (Lipinski definition) is 2. The molecule has 1 aromatic rings. The molecule has 1 aromatic carbocycles. The molecule has 1 atom stereocenters. The molecule has 0 bridgehead atoms. The van der Waals surface area contributed by atoms with E-state index in [0.717, 1.165) is 0 Å². The van der Waals surface area contributed by atoms with Crippen LogP contribution >= 0.6 is 11.6 Å². The van der Waals surface area contributed by atoms with Crippen LogP contribution in [0.2, 0.25) is 5.02 Å². The lowest BCUT2D eigenvalue weighted by Gasteiger charge is -2.13. The monoisotopic (exact) mass is 301 g/mol. The van der Waals surface area contributed by atoms with Crippen LogP contribution in [0.25, 0.3) is 0 Å². The third-order valence-corrected chi connectivity index (χ3v) is 3.44. The van der Waals surface area contributed by atoms with Gasteiger partial charge in [-0.25, -0.2) is 4.39 Å². The number of rotatable bonds is 7. The average Bonchev–Trinajstić information content (AvgIpc) is 3.23. The second kappa shape index (κ2) is 7.02. The van der Waals surface area contributed by atoms with E-state index in [9.17, 15) is 14.3 Å². The van der Waals surface area contributed by atoms with Crippen molar-refractivity contribution in [2.75, 3.05) is 19.8 Å². The fraction of sp³-hybridized carbons (Fsp3) is 0.500. The Kier molecular flexibility index (Phi) is 5.34. The van der Waals surface area contributed by atoms with Crippen molar-refractivity contribution in [2.24, 2.45) is 5.92 Å². The molecular formula is C14H17ClFNO3. The van der Waals surface area contributed by atoms with Gasteiger partial charge in [0.1, 0.15) is 5.82 Å². The zero-order valence-corrected chi connectivity index (χ0v) is 11.7. The molecule has 0 spiro atoms. The maximum absolute atomic E-state index is 13.2. The first-order valence-corrected chi connectivity index (χ1v) is 6.93. The highest BCUT2D eigenvalue weighted by Crippen LogP contribution is 2.28. The number of ether oxygens (including phenoxy) is 1. The maximum atomic E-state index is 13.2. The van der Waals surface area contributed by atoms with E-state index in [2.05, 4.69) is 5.32 Å². The van der Waals surface area contributed by atoms with Crippen molar-refractivity contribution in [3.63, 3.8) is 0 Å². The normalized spacial score (nSPS) is 15.9. The molecule has 0 aliphatic heterocycles. The second-order valence-electron chi connectivity index (χ2n) is 4.95. The van der Waals surface area contributed by atoms with Crippen molar-refractivity contribution in [1.82, 2.24) is 5.32 Å². The molecular weight excluding hydrogens is 285 g/mol. The maximum Gasteiger partial charge on any atom is 0.252 e. The number of amides is 1. The van der Waals surface area contributed by atoms with Crippen LogP contribution in [0.15, 0.2) is 18.2 Å². The third-order valence-electron chi connectivity index (χ3n) is 3.06. The lowest BCUT2D eigenvalue weighted by molar-refractivity contribution is 0.0320. The van der Waals surface area contributed by atoms with Crippen LogP contribution in [0.3, 0.4) is 0 Å². The zero-order chi connectivity index (χ0) is 14.5. The summed E-state index contributed by atoms with van der Waals surface area (Å²) in [6.07, 6.45) is 1.58. The summed E-state index contributed by atoms with van der Waals surface area (Å²) in [7, 11) is 0. The summed E-state index contributed by atoms with van der Waals surface area (Å²) in [5.41, 5.74) is 0.0535. The Labute approximate surface area is 121 Å². The van der Waals surface area contributed by atoms with E-state index in [1.807, 2.05) is 0 Å². The number of carbonyl (C=O) groups is 1. The Morgan fingerprint density at radius 2 is 2.30 bits per heavy atom. The first-order chi connectivity index (χ1) is 9.58. The van der Waals surface area contributed by atoms with Gasteiger partial charge in [-0.05, 0) is 30.9 Å². The molecule has 1 fully saturated rings. The minimum absolute atomic E-state index is 0.0380. The molecule has 1 saturated carbocycles. The van der Waals surface area contributed by atoms with Gasteiger partial charge in [0.2, 0.25) is 0 Å². The van der Waals surface area contributed by atoms with Crippen molar-refractivity contribution >= 4 is 17.5 Å². The standard InChI is InChI=1S/C14H17ClFNO3/c15-13-11(2-1-3-12(13)16)14(19)17-6-10(18)8-20-7-9-4-5-9/h1-3,9-10,18H,4-8H2,(H,17,19). The highest BCUT2D eigenvalue weighted by molar-refractivity contribution is 6.34. The average molecular weight is 302 g/mol. The van der Waals surface area contributed by atoms with Gasteiger partial charge < -0.3 is 15.2 Å². The zero-order valence-electron chi connectivity index (χ0n) is 10.9. The third kappa shape index (κ3) is 4.44. The molecule has 0 saturated heterocycles. The molecule has 4 nitrogen and oxygen atoms in total. The molecule has 20 heavy (non-hydrogen) atoms. The van der Waals surface area contributed by atoms with Crippen molar-refractivity contribution in [1.29, 1.82) is 0 Å². The number of halogens is 2. The van der Waals surface area contributed by atoms with E-state index in [0.29, 0.717) is 12.5 Å². The van der Waals surface area contributed by atoms with E-state index in [4.69, 9.17) is 16.3 Å². The predicted octanol–water partition coefficient (Wildman–Crippen LogP) is 2.00. The van der Waals surface area contributed by atoms with Gasteiger partial charge in [0.25, 0.3) is 5.91 Å². The summed E-state index contributed by atoms with van der Waals surface area (Å²) in [5, 5.41) is 11.9. The Morgan fingerprint density at radius 3 is 3.00 bits per heavy atom. The molecule has 2 rings (SSSR count). The fourth-order valence-corrected chi connectivity index (χ4v) is 1.91. The number of aliphatic hydroxyl groups excluding tert-OH is 1. The van der Waals surface area contributed by atoms with Gasteiger partial charge in [-0.1, -0.05) is 17.7 Å². The summed E-state index contributed by atoms with van der Waals surface area (Å²) in [5.74, 6) is -0.536. The van der Waals surface area contributed by atoms with Crippen molar-refractivity contribution in [3.8, 4) is 0 Å². The van der Waals surface area contributed by atoms with Gasteiger partial charge in [-0.15, -0.1) is 0 Å². The SMILES string of the molecule is O=C(NCC(O)COCC1CC1)c1cccc(F)c1Cl. The van der Waals surface area contributed by atoms with Crippen LogP contribution in [-0.4, -0.2) is 36.9 Å². The topological polar surface area (TPSA) is 58.6 Å². The van der Waals surface area contributed by atoms with Crippen molar-refractivity contribution < 1.29 is 19.0 Å². The highest BCUT2D eigenvalue weighted by Gasteiger charge is 2.21. The number of hydrogen-bond acceptors (Lipinski definition) is 3. The van der Waals surface area contributed by atoms with Crippen LogP contribution in [0.5, 0.6) is 0 Å². The van der Waals surface area contributed by atoms with Crippen molar-refractivity contribution in [3.05, 3.63) is 34.6 Å². The molecule has 1 amide bonds. The molecule has 1 unspecified atom stereocenters. The molecule has 0 radical (unpaired) electrons. The van der Waals surface area contributed by atoms with Gasteiger partial charge in [0.05, 0.1) is 23.3 Å². The Balaban J connectivity index is 1.74. The van der Waals surface area contributed by atoms with Gasteiger partial charge in [0.15, 0.2) is 0 Å². The van der Waals surface area contributed by atoms with Gasteiger partial charge in [0, 0.05) is 13.2 Å². The largest absolute Gasteiger partial charge is 0.389 e. The van der Waals surface area contributed by atoms with E-state index < -0.39 is 17.8 Å². The molecule has 0 heterocycles. The van der Waals surface area contributed by atoms with Crippen molar-refractivity contribution in [2.45, 2.75) is 18.9 Å². The lowest BCUT2D eigenvalue weighted by atomic mass is 10.2. The smallest absolute Gasteiger partial charge is 0.252 e. The summed E-state index contributed by atoms with van der Waals surface area (Å²) >= 11 is 5.71. The minimum atomic E-state index is -0.787. The van der Waals surface area contributed by atoms with Gasteiger partial charge >= 0.3 is 0 Å². The van der Waals surface area contributed by atoms with Crippen LogP contribution in [-0.2, 0) is 4.74 Å². The Bertz CT molecular complexity index is 479. The summed E-state index contributed by atoms with van der Waals surface area (Å²) < 4.78 is 18.5. The molecule has 1 aliphatic carbocycles. The Hall–Kier alpha value is -1.17. The summed E-state index contributed by atoms with van der Waals surface area (Å²) in [6.45, 7) is 0.866. The number of aliphatic hydroxyl groups is 1. The number of carbonyl (C=O) groups excluding carboxylic acids is 1. The molecule has 0 aromatic heterocycles. The fourth-order valence-electron chi connectivity index (χ4n) is 1.70. The van der Waals surface area contributed by atoms with E-state index in [1.54, 1.807) is 0 Å². The lowest BCUT2D eigenvalue weighted by Crippen LogP contribution is -2.34. The number of nitrogens with one attached hydrogen (secondary N) is 1. The first kappa shape index (κ1) is 15.2. The van der Waals surface area contributed by atoms with E-state index >= 15 is 0 Å². The highest BCUT2D eigenvalue weighted by atomic mass is 35.5. The van der Waals surface area contributed by atoms with Gasteiger partial charge in [-0.3, -0.25) is 4.79 Å². The van der Waals surface area contributed by atoms with Crippen LogP contribution in [0, 0.1) is 11.7 Å². The Morgan fingerprint density at radius 1 is 1.55 bits per heavy atom. The first-order valence-electron chi connectivity index (χ1n) is 6.56. The molecule has 1 aliphatic rings. The quantitative estimate of drug-likeness (QED) is 0.810. The van der Waals surface area contributed by atoms with Crippen LogP contribution in [0.4, 0.5) is 4.39 Å². The predicted molar refractivity (Wildman–Crippen MR) is 73.3 cm³/mol. The van der Waals surface area contributed by atoms with Gasteiger partial charge in [-0.2, -0.15) is 0 Å². The van der Waals surface area contributed by atoms with E-state index in [-0.39, 0.29) is 23.7 Å². The second-order valence-corrected chi connectivity index (χ2v) is 5.32. The van der Waals surface area contributed by atoms with Crippen LogP contribution in [0.1, 0.15) is 23.2 Å². The minimum Gasteiger partial charge on any atom is -0.389 e.